The number of rotatable bonds is 3. The Kier molecular flexibility index (Phi) is 4.69. The Hall–Kier alpha value is -2.57. The third-order valence-electron chi connectivity index (χ3n) is 4.04. The van der Waals surface area contributed by atoms with Gasteiger partial charge >= 0.3 is 0 Å². The SMILES string of the molecule is CC1CCCN(c2ccc(C(=O)Nc3ccc(F)c(F)c3)nn2)C1. The third kappa shape index (κ3) is 3.67. The highest BCUT2D eigenvalue weighted by Gasteiger charge is 2.18. The van der Waals surface area contributed by atoms with Crippen molar-refractivity contribution in [2.75, 3.05) is 23.3 Å². The minimum atomic E-state index is -1.02. The van der Waals surface area contributed by atoms with Gasteiger partial charge in [0.1, 0.15) is 0 Å². The summed E-state index contributed by atoms with van der Waals surface area (Å²) in [6.07, 6.45) is 2.32. The Morgan fingerprint density at radius 2 is 2.04 bits per heavy atom. The van der Waals surface area contributed by atoms with E-state index >= 15 is 0 Å². The lowest BCUT2D eigenvalue weighted by molar-refractivity contribution is 0.102. The fraction of sp³-hybridized carbons (Fsp3) is 0.353. The summed E-state index contributed by atoms with van der Waals surface area (Å²) in [6.45, 7) is 4.05. The molecule has 0 spiro atoms. The molecular weight excluding hydrogens is 314 g/mol. The molecule has 7 heteroatoms. The summed E-state index contributed by atoms with van der Waals surface area (Å²) in [4.78, 5) is 14.3. The van der Waals surface area contributed by atoms with Crippen LogP contribution in [0.2, 0.25) is 0 Å². The predicted molar refractivity (Wildman–Crippen MR) is 87.0 cm³/mol. The third-order valence-corrected chi connectivity index (χ3v) is 4.04. The lowest BCUT2D eigenvalue weighted by Gasteiger charge is -2.31. The Balaban J connectivity index is 1.68. The number of hydrogen-bond donors (Lipinski definition) is 1. The highest BCUT2D eigenvalue weighted by Crippen LogP contribution is 2.21. The lowest BCUT2D eigenvalue weighted by Crippen LogP contribution is -2.35. The number of amides is 1. The summed E-state index contributed by atoms with van der Waals surface area (Å²) in [5, 5.41) is 10.5. The van der Waals surface area contributed by atoms with Crippen molar-refractivity contribution >= 4 is 17.4 Å². The summed E-state index contributed by atoms with van der Waals surface area (Å²) in [5.41, 5.74) is 0.281. The lowest BCUT2D eigenvalue weighted by atomic mass is 10.0. The molecule has 1 unspecified atom stereocenters. The summed E-state index contributed by atoms with van der Waals surface area (Å²) < 4.78 is 26.1. The number of aromatic nitrogens is 2. The van der Waals surface area contributed by atoms with Gasteiger partial charge in [0.2, 0.25) is 0 Å². The van der Waals surface area contributed by atoms with Gasteiger partial charge < -0.3 is 10.2 Å². The number of piperidine rings is 1. The molecule has 0 bridgehead atoms. The molecule has 2 heterocycles. The van der Waals surface area contributed by atoms with Crippen LogP contribution >= 0.6 is 0 Å². The smallest absolute Gasteiger partial charge is 0.276 e. The van der Waals surface area contributed by atoms with Crippen molar-refractivity contribution in [1.29, 1.82) is 0 Å². The second-order valence-corrected chi connectivity index (χ2v) is 6.05. The standard InChI is InChI=1S/C17H18F2N4O/c1-11-3-2-8-23(10-11)16-7-6-15(21-22-16)17(24)20-12-4-5-13(18)14(19)9-12/h4-7,9,11H,2-3,8,10H2,1H3,(H,20,24). The molecular formula is C17H18F2N4O. The molecule has 1 amide bonds. The molecule has 0 radical (unpaired) electrons. The highest BCUT2D eigenvalue weighted by molar-refractivity contribution is 6.02. The van der Waals surface area contributed by atoms with Crippen LogP contribution in [0, 0.1) is 17.6 Å². The van der Waals surface area contributed by atoms with Crippen LogP contribution in [0.15, 0.2) is 30.3 Å². The first-order valence-corrected chi connectivity index (χ1v) is 7.88. The van der Waals surface area contributed by atoms with Crippen molar-refractivity contribution < 1.29 is 13.6 Å². The minimum absolute atomic E-state index is 0.119. The van der Waals surface area contributed by atoms with Crippen LogP contribution in [0.5, 0.6) is 0 Å². The van der Waals surface area contributed by atoms with Crippen molar-refractivity contribution in [1.82, 2.24) is 10.2 Å². The van der Waals surface area contributed by atoms with Crippen LogP contribution in [-0.2, 0) is 0 Å². The zero-order valence-electron chi connectivity index (χ0n) is 13.3. The topological polar surface area (TPSA) is 58.1 Å². The number of carbonyl (C=O) groups is 1. The predicted octanol–water partition coefficient (Wildman–Crippen LogP) is 3.24. The van der Waals surface area contributed by atoms with Crippen LogP contribution in [-0.4, -0.2) is 29.2 Å². The fourth-order valence-electron chi connectivity index (χ4n) is 2.78. The van der Waals surface area contributed by atoms with Crippen LogP contribution in [0.4, 0.5) is 20.3 Å². The number of hydrogen-bond acceptors (Lipinski definition) is 4. The van der Waals surface area contributed by atoms with Crippen LogP contribution in [0.1, 0.15) is 30.3 Å². The number of carbonyl (C=O) groups excluding carboxylic acids is 1. The Morgan fingerprint density at radius 1 is 1.21 bits per heavy atom. The van der Waals surface area contributed by atoms with E-state index in [2.05, 4.69) is 27.3 Å². The maximum absolute atomic E-state index is 13.2. The van der Waals surface area contributed by atoms with Crippen molar-refractivity contribution in [2.24, 2.45) is 5.92 Å². The average Bonchev–Trinajstić information content (AvgIpc) is 2.58. The quantitative estimate of drug-likeness (QED) is 0.937. The number of nitrogens with one attached hydrogen (secondary N) is 1. The Morgan fingerprint density at radius 3 is 2.71 bits per heavy atom. The molecule has 1 aromatic heterocycles. The van der Waals surface area contributed by atoms with Crippen LogP contribution in [0.3, 0.4) is 0 Å². The van der Waals surface area contributed by atoms with E-state index in [1.807, 2.05) is 0 Å². The van der Waals surface area contributed by atoms with E-state index in [4.69, 9.17) is 0 Å². The van der Waals surface area contributed by atoms with Gasteiger partial charge in [-0.2, -0.15) is 0 Å². The van der Waals surface area contributed by atoms with Crippen molar-refractivity contribution in [3.63, 3.8) is 0 Å². The molecule has 5 nitrogen and oxygen atoms in total. The highest BCUT2D eigenvalue weighted by atomic mass is 19.2. The summed E-state index contributed by atoms with van der Waals surface area (Å²) >= 11 is 0. The first-order chi connectivity index (χ1) is 11.5. The van der Waals surface area contributed by atoms with E-state index in [9.17, 15) is 13.6 Å². The van der Waals surface area contributed by atoms with E-state index in [1.54, 1.807) is 12.1 Å². The molecule has 3 rings (SSSR count). The molecule has 0 aliphatic carbocycles. The van der Waals surface area contributed by atoms with Gasteiger partial charge in [0.25, 0.3) is 5.91 Å². The second-order valence-electron chi connectivity index (χ2n) is 6.05. The van der Waals surface area contributed by atoms with E-state index in [0.717, 1.165) is 37.5 Å². The van der Waals surface area contributed by atoms with Gasteiger partial charge in [-0.1, -0.05) is 6.92 Å². The zero-order valence-corrected chi connectivity index (χ0v) is 13.3. The van der Waals surface area contributed by atoms with E-state index in [0.29, 0.717) is 5.92 Å². The van der Waals surface area contributed by atoms with E-state index in [-0.39, 0.29) is 11.4 Å². The molecule has 1 atom stereocenters. The molecule has 1 aromatic carbocycles. The molecule has 126 valence electrons. The van der Waals surface area contributed by atoms with Gasteiger partial charge in [0.05, 0.1) is 0 Å². The molecule has 24 heavy (non-hydrogen) atoms. The van der Waals surface area contributed by atoms with E-state index in [1.165, 1.54) is 12.5 Å². The molecule has 1 aliphatic heterocycles. The Bertz CT molecular complexity index is 736. The number of anilines is 2. The average molecular weight is 332 g/mol. The van der Waals surface area contributed by atoms with Crippen molar-refractivity contribution in [2.45, 2.75) is 19.8 Å². The number of benzene rings is 1. The molecule has 1 saturated heterocycles. The molecule has 1 N–H and O–H groups in total. The van der Waals surface area contributed by atoms with Gasteiger partial charge in [-0.25, -0.2) is 8.78 Å². The number of halogens is 2. The van der Waals surface area contributed by atoms with Crippen LogP contribution in [0.25, 0.3) is 0 Å². The monoisotopic (exact) mass is 332 g/mol. The molecule has 0 saturated carbocycles. The van der Waals surface area contributed by atoms with Gasteiger partial charge in [-0.05, 0) is 43.0 Å². The van der Waals surface area contributed by atoms with Crippen molar-refractivity contribution in [3.8, 4) is 0 Å². The largest absolute Gasteiger partial charge is 0.355 e. The number of nitrogens with zero attached hydrogens (tertiary/aromatic N) is 3. The van der Waals surface area contributed by atoms with Gasteiger partial charge in [0.15, 0.2) is 23.1 Å². The summed E-state index contributed by atoms with van der Waals surface area (Å²) in [6, 6.07) is 6.50. The minimum Gasteiger partial charge on any atom is -0.355 e. The van der Waals surface area contributed by atoms with Gasteiger partial charge in [0, 0.05) is 24.8 Å². The van der Waals surface area contributed by atoms with Crippen molar-refractivity contribution in [3.05, 3.63) is 47.7 Å². The van der Waals surface area contributed by atoms with Gasteiger partial charge in [-0.15, -0.1) is 10.2 Å². The van der Waals surface area contributed by atoms with E-state index < -0.39 is 17.5 Å². The molecule has 1 aliphatic rings. The normalized spacial score (nSPS) is 17.6. The maximum atomic E-state index is 13.2. The van der Waals surface area contributed by atoms with Gasteiger partial charge in [-0.3, -0.25) is 4.79 Å². The van der Waals surface area contributed by atoms with Crippen LogP contribution < -0.4 is 10.2 Å². The Labute approximate surface area is 138 Å². The zero-order chi connectivity index (χ0) is 17.1. The fourth-order valence-corrected chi connectivity index (χ4v) is 2.78. The molecule has 1 fully saturated rings. The second kappa shape index (κ2) is 6.90. The molecule has 2 aromatic rings. The summed E-state index contributed by atoms with van der Waals surface area (Å²) in [5.74, 6) is -1.16. The maximum Gasteiger partial charge on any atom is 0.276 e. The first kappa shape index (κ1) is 16.3. The first-order valence-electron chi connectivity index (χ1n) is 7.88. The summed E-state index contributed by atoms with van der Waals surface area (Å²) in [7, 11) is 0.